The van der Waals surface area contributed by atoms with E-state index in [-0.39, 0.29) is 22.8 Å². The third-order valence-corrected chi connectivity index (χ3v) is 4.54. The topological polar surface area (TPSA) is 127 Å². The highest BCUT2D eigenvalue weighted by molar-refractivity contribution is 7.89. The zero-order chi connectivity index (χ0) is 17.9. The number of carboxylic acid groups (broad SMARTS) is 1. The number of carbonyl (C=O) groups excluding carboxylic acids is 1. The molecule has 0 fully saturated rings. The van der Waals surface area contributed by atoms with Crippen molar-refractivity contribution in [3.8, 4) is 0 Å². The van der Waals surface area contributed by atoms with E-state index in [0.717, 1.165) is 0 Å². The Morgan fingerprint density at radius 1 is 1.26 bits per heavy atom. The van der Waals surface area contributed by atoms with E-state index in [0.29, 0.717) is 11.1 Å². The zero-order valence-corrected chi connectivity index (χ0v) is 14.4. The highest BCUT2D eigenvalue weighted by Gasteiger charge is 2.23. The molecule has 1 rings (SSSR count). The highest BCUT2D eigenvalue weighted by Crippen LogP contribution is 2.20. The van der Waals surface area contributed by atoms with Crippen LogP contribution >= 0.6 is 0 Å². The third kappa shape index (κ3) is 5.04. The van der Waals surface area contributed by atoms with E-state index in [1.807, 2.05) is 13.8 Å². The number of sulfonamides is 1. The smallest absolute Gasteiger partial charge is 0.326 e. The van der Waals surface area contributed by atoms with Gasteiger partial charge in [0.1, 0.15) is 6.04 Å². The van der Waals surface area contributed by atoms with Gasteiger partial charge in [-0.15, -0.1) is 0 Å². The molecule has 0 spiro atoms. The minimum Gasteiger partial charge on any atom is -0.480 e. The molecule has 1 aromatic carbocycles. The number of carbonyl (C=O) groups is 2. The molecule has 128 valence electrons. The Hall–Kier alpha value is -1.93. The first-order chi connectivity index (χ1) is 10.4. The van der Waals surface area contributed by atoms with Crippen LogP contribution in [0.1, 0.15) is 41.8 Å². The molecule has 0 bridgehead atoms. The van der Waals surface area contributed by atoms with Crippen molar-refractivity contribution in [3.63, 3.8) is 0 Å². The van der Waals surface area contributed by atoms with Gasteiger partial charge in [-0.1, -0.05) is 13.8 Å². The second kappa shape index (κ2) is 7.10. The summed E-state index contributed by atoms with van der Waals surface area (Å²) in [5.41, 5.74) is 1.10. The molecule has 0 aliphatic heterocycles. The van der Waals surface area contributed by atoms with Gasteiger partial charge in [0, 0.05) is 5.56 Å². The predicted octanol–water partition coefficient (Wildman–Crippen LogP) is 1.18. The summed E-state index contributed by atoms with van der Waals surface area (Å²) in [6, 6.07) is 1.64. The standard InChI is InChI=1S/C15H22N2O5S/c1-8(2)5-12(15(19)20)17-14(18)11-6-9(3)10(4)13(7-11)23(16,21)22/h6-8,12H,5H2,1-4H3,(H,17,18)(H,19,20)(H2,16,21,22). The molecule has 0 saturated heterocycles. The number of hydrogen-bond donors (Lipinski definition) is 3. The summed E-state index contributed by atoms with van der Waals surface area (Å²) in [6.45, 7) is 6.94. The van der Waals surface area contributed by atoms with Crippen molar-refractivity contribution in [2.45, 2.75) is 45.1 Å². The number of amides is 1. The summed E-state index contributed by atoms with van der Waals surface area (Å²) < 4.78 is 23.2. The molecule has 1 amide bonds. The van der Waals surface area contributed by atoms with Gasteiger partial charge in [0.2, 0.25) is 10.0 Å². The Labute approximate surface area is 135 Å². The number of primary sulfonamides is 1. The minimum absolute atomic E-state index is 0.0622. The van der Waals surface area contributed by atoms with Gasteiger partial charge < -0.3 is 10.4 Å². The van der Waals surface area contributed by atoms with Crippen LogP contribution in [-0.4, -0.2) is 31.4 Å². The molecule has 4 N–H and O–H groups in total. The molecule has 8 heteroatoms. The summed E-state index contributed by atoms with van der Waals surface area (Å²) in [5.74, 6) is -1.70. The lowest BCUT2D eigenvalue weighted by atomic mass is 10.0. The van der Waals surface area contributed by atoms with E-state index >= 15 is 0 Å². The van der Waals surface area contributed by atoms with E-state index in [4.69, 9.17) is 10.2 Å². The Kier molecular flexibility index (Phi) is 5.90. The van der Waals surface area contributed by atoms with Crippen LogP contribution in [0.15, 0.2) is 17.0 Å². The molecular weight excluding hydrogens is 320 g/mol. The maximum absolute atomic E-state index is 12.3. The molecule has 1 atom stereocenters. The van der Waals surface area contributed by atoms with Crippen LogP contribution in [0.2, 0.25) is 0 Å². The van der Waals surface area contributed by atoms with Crippen molar-refractivity contribution in [2.24, 2.45) is 11.1 Å². The van der Waals surface area contributed by atoms with E-state index < -0.39 is 27.9 Å². The maximum atomic E-state index is 12.3. The summed E-state index contributed by atoms with van der Waals surface area (Å²) in [5, 5.41) is 16.7. The number of aryl methyl sites for hydroxylation is 1. The van der Waals surface area contributed by atoms with Crippen LogP contribution in [0.3, 0.4) is 0 Å². The van der Waals surface area contributed by atoms with Crippen LogP contribution in [0.4, 0.5) is 0 Å². The van der Waals surface area contributed by atoms with Crippen LogP contribution in [0.25, 0.3) is 0 Å². The molecule has 0 heterocycles. The average molecular weight is 342 g/mol. The van der Waals surface area contributed by atoms with Gasteiger partial charge in [-0.25, -0.2) is 18.4 Å². The molecule has 0 saturated carbocycles. The normalized spacial score (nSPS) is 13.0. The summed E-state index contributed by atoms with van der Waals surface area (Å²) in [4.78, 5) is 23.4. The van der Waals surface area contributed by atoms with Crippen molar-refractivity contribution < 1.29 is 23.1 Å². The van der Waals surface area contributed by atoms with Gasteiger partial charge in [-0.2, -0.15) is 0 Å². The molecule has 23 heavy (non-hydrogen) atoms. The van der Waals surface area contributed by atoms with Crippen LogP contribution in [-0.2, 0) is 14.8 Å². The van der Waals surface area contributed by atoms with Gasteiger partial charge in [-0.3, -0.25) is 4.79 Å². The molecule has 0 aromatic heterocycles. The fraction of sp³-hybridized carbons (Fsp3) is 0.467. The number of aliphatic carboxylic acids is 1. The number of hydrogen-bond acceptors (Lipinski definition) is 4. The molecule has 0 aliphatic rings. The van der Waals surface area contributed by atoms with Crippen LogP contribution in [0.5, 0.6) is 0 Å². The maximum Gasteiger partial charge on any atom is 0.326 e. The Bertz CT molecular complexity index is 726. The van der Waals surface area contributed by atoms with E-state index in [2.05, 4.69) is 5.32 Å². The fourth-order valence-electron chi connectivity index (χ4n) is 2.19. The number of benzene rings is 1. The van der Waals surface area contributed by atoms with E-state index in [1.165, 1.54) is 12.1 Å². The minimum atomic E-state index is -3.97. The SMILES string of the molecule is Cc1cc(C(=O)NC(CC(C)C)C(=O)O)cc(S(N)(=O)=O)c1C. The average Bonchev–Trinajstić information content (AvgIpc) is 2.38. The molecule has 0 aliphatic carbocycles. The Morgan fingerprint density at radius 2 is 1.83 bits per heavy atom. The largest absolute Gasteiger partial charge is 0.480 e. The van der Waals surface area contributed by atoms with E-state index in [1.54, 1.807) is 13.8 Å². The first-order valence-electron chi connectivity index (χ1n) is 7.11. The Balaban J connectivity index is 3.18. The lowest BCUT2D eigenvalue weighted by molar-refractivity contribution is -0.139. The van der Waals surface area contributed by atoms with Gasteiger partial charge in [0.15, 0.2) is 0 Å². The van der Waals surface area contributed by atoms with Gasteiger partial charge >= 0.3 is 5.97 Å². The van der Waals surface area contributed by atoms with Crippen molar-refractivity contribution in [1.29, 1.82) is 0 Å². The third-order valence-electron chi connectivity index (χ3n) is 3.50. The highest BCUT2D eigenvalue weighted by atomic mass is 32.2. The monoisotopic (exact) mass is 342 g/mol. The quantitative estimate of drug-likeness (QED) is 0.715. The summed E-state index contributed by atoms with van der Waals surface area (Å²) >= 11 is 0. The number of nitrogens with one attached hydrogen (secondary N) is 1. The Morgan fingerprint density at radius 3 is 2.26 bits per heavy atom. The van der Waals surface area contributed by atoms with Gasteiger partial charge in [-0.05, 0) is 49.4 Å². The first kappa shape index (κ1) is 19.1. The van der Waals surface area contributed by atoms with Crippen molar-refractivity contribution in [2.75, 3.05) is 0 Å². The van der Waals surface area contributed by atoms with Crippen LogP contribution in [0, 0.1) is 19.8 Å². The lowest BCUT2D eigenvalue weighted by Gasteiger charge is -2.17. The molecule has 7 nitrogen and oxygen atoms in total. The summed E-state index contributed by atoms with van der Waals surface area (Å²) in [7, 11) is -3.97. The van der Waals surface area contributed by atoms with Gasteiger partial charge in [0.05, 0.1) is 4.90 Å². The molecular formula is C15H22N2O5S. The molecule has 1 unspecified atom stereocenters. The first-order valence-corrected chi connectivity index (χ1v) is 8.65. The lowest BCUT2D eigenvalue weighted by Crippen LogP contribution is -2.41. The fourth-order valence-corrected chi connectivity index (χ4v) is 3.07. The number of carboxylic acids is 1. The second-order valence-electron chi connectivity index (χ2n) is 5.96. The summed E-state index contributed by atoms with van der Waals surface area (Å²) in [6.07, 6.45) is 0.272. The zero-order valence-electron chi connectivity index (χ0n) is 13.6. The van der Waals surface area contributed by atoms with E-state index in [9.17, 15) is 18.0 Å². The van der Waals surface area contributed by atoms with Gasteiger partial charge in [0.25, 0.3) is 5.91 Å². The number of nitrogens with two attached hydrogens (primary N) is 1. The van der Waals surface area contributed by atoms with Crippen LogP contribution < -0.4 is 10.5 Å². The van der Waals surface area contributed by atoms with Crippen molar-refractivity contribution >= 4 is 21.9 Å². The predicted molar refractivity (Wildman–Crippen MR) is 85.6 cm³/mol. The van der Waals surface area contributed by atoms with Crippen molar-refractivity contribution in [1.82, 2.24) is 5.32 Å². The number of rotatable bonds is 6. The van der Waals surface area contributed by atoms with Crippen molar-refractivity contribution in [3.05, 3.63) is 28.8 Å². The second-order valence-corrected chi connectivity index (χ2v) is 7.48. The molecule has 1 aromatic rings. The molecule has 0 radical (unpaired) electrons.